The van der Waals surface area contributed by atoms with E-state index in [9.17, 15) is 9.59 Å². The average molecular weight is 368 g/mol. The van der Waals surface area contributed by atoms with Crippen LogP contribution in [-0.4, -0.2) is 26.0 Å². The standard InChI is InChI=1S/C23H28O4/c1-5-14-7-11-18-17-9-6-13-12-15(26-3)8-10-16(13)19(17)20(22(25)27-4)21(24)23(14,18)2/h5,8,10,12,14,17-20H,1,6-7,9,11H2,2-4H3/t14-,17+,18+,19-,20-,23+/m0/s1. The van der Waals surface area contributed by atoms with Gasteiger partial charge in [0, 0.05) is 11.3 Å². The molecular formula is C23H28O4. The van der Waals surface area contributed by atoms with Crippen molar-refractivity contribution in [1.82, 2.24) is 0 Å². The summed E-state index contributed by atoms with van der Waals surface area (Å²) in [5.74, 6) is 0.411. The predicted molar refractivity (Wildman–Crippen MR) is 103 cm³/mol. The van der Waals surface area contributed by atoms with Crippen molar-refractivity contribution in [3.8, 4) is 5.75 Å². The van der Waals surface area contributed by atoms with E-state index in [-0.39, 0.29) is 17.6 Å². The van der Waals surface area contributed by atoms with Crippen molar-refractivity contribution in [3.63, 3.8) is 0 Å². The first kappa shape index (κ1) is 18.3. The van der Waals surface area contributed by atoms with E-state index < -0.39 is 17.3 Å². The van der Waals surface area contributed by atoms with Gasteiger partial charge in [-0.3, -0.25) is 9.59 Å². The number of hydrogen-bond acceptors (Lipinski definition) is 4. The van der Waals surface area contributed by atoms with E-state index in [2.05, 4.69) is 25.6 Å². The number of esters is 1. The van der Waals surface area contributed by atoms with Gasteiger partial charge in [0.25, 0.3) is 0 Å². The van der Waals surface area contributed by atoms with E-state index in [1.165, 1.54) is 12.7 Å². The second kappa shape index (κ2) is 6.50. The molecule has 4 nitrogen and oxygen atoms in total. The molecule has 27 heavy (non-hydrogen) atoms. The Kier molecular flexibility index (Phi) is 4.40. The zero-order chi connectivity index (χ0) is 19.3. The Bertz CT molecular complexity index is 798. The van der Waals surface area contributed by atoms with E-state index >= 15 is 0 Å². The number of ketones is 1. The fourth-order valence-corrected chi connectivity index (χ4v) is 6.36. The van der Waals surface area contributed by atoms with Crippen molar-refractivity contribution in [3.05, 3.63) is 42.0 Å². The number of carbonyl (C=O) groups is 2. The molecular weight excluding hydrogens is 340 g/mol. The summed E-state index contributed by atoms with van der Waals surface area (Å²) in [5.41, 5.74) is 1.81. The first-order valence-corrected chi connectivity index (χ1v) is 9.88. The molecule has 1 aromatic rings. The van der Waals surface area contributed by atoms with Crippen molar-refractivity contribution < 1.29 is 19.1 Å². The van der Waals surface area contributed by atoms with Crippen molar-refractivity contribution in [1.29, 1.82) is 0 Å². The maximum absolute atomic E-state index is 13.7. The van der Waals surface area contributed by atoms with Gasteiger partial charge < -0.3 is 9.47 Å². The molecule has 0 bridgehead atoms. The molecule has 0 spiro atoms. The number of methoxy groups -OCH3 is 2. The lowest BCUT2D eigenvalue weighted by atomic mass is 9.50. The van der Waals surface area contributed by atoms with Crippen LogP contribution in [-0.2, 0) is 20.7 Å². The van der Waals surface area contributed by atoms with E-state index in [1.807, 2.05) is 12.1 Å². The lowest BCUT2D eigenvalue weighted by molar-refractivity contribution is -0.161. The molecule has 4 heteroatoms. The Balaban J connectivity index is 1.86. The van der Waals surface area contributed by atoms with Crippen LogP contribution < -0.4 is 4.74 Å². The van der Waals surface area contributed by atoms with Gasteiger partial charge >= 0.3 is 5.97 Å². The van der Waals surface area contributed by atoms with Gasteiger partial charge in [-0.15, -0.1) is 6.58 Å². The summed E-state index contributed by atoms with van der Waals surface area (Å²) in [7, 11) is 3.05. The Labute approximate surface area is 160 Å². The first-order chi connectivity index (χ1) is 13.0. The first-order valence-electron chi connectivity index (χ1n) is 9.88. The van der Waals surface area contributed by atoms with Crippen molar-refractivity contribution in [2.24, 2.45) is 29.1 Å². The fraction of sp³-hybridized carbons (Fsp3) is 0.565. The minimum Gasteiger partial charge on any atom is -0.497 e. The molecule has 6 atom stereocenters. The summed E-state index contributed by atoms with van der Waals surface area (Å²) in [6.45, 7) is 6.04. The van der Waals surface area contributed by atoms with E-state index in [0.717, 1.165) is 37.0 Å². The fourth-order valence-electron chi connectivity index (χ4n) is 6.36. The summed E-state index contributed by atoms with van der Waals surface area (Å²) in [5, 5.41) is 0. The number of ether oxygens (including phenoxy) is 2. The number of fused-ring (bicyclic) bond motifs is 5. The average Bonchev–Trinajstić information content (AvgIpc) is 3.05. The molecule has 0 unspecified atom stereocenters. The number of aryl methyl sites for hydroxylation is 1. The largest absolute Gasteiger partial charge is 0.497 e. The molecule has 0 N–H and O–H groups in total. The van der Waals surface area contributed by atoms with E-state index in [4.69, 9.17) is 9.47 Å². The van der Waals surface area contributed by atoms with Crippen LogP contribution in [0.25, 0.3) is 0 Å². The summed E-state index contributed by atoms with van der Waals surface area (Å²) in [6, 6.07) is 6.05. The molecule has 1 aromatic carbocycles. The Morgan fingerprint density at radius 3 is 2.70 bits per heavy atom. The van der Waals surface area contributed by atoms with Crippen LogP contribution in [0.5, 0.6) is 5.75 Å². The van der Waals surface area contributed by atoms with Gasteiger partial charge in [-0.05, 0) is 66.7 Å². The number of carbonyl (C=O) groups excluding carboxylic acids is 2. The van der Waals surface area contributed by atoms with Gasteiger partial charge in [-0.2, -0.15) is 0 Å². The molecule has 3 aliphatic carbocycles. The molecule has 0 amide bonds. The van der Waals surface area contributed by atoms with Gasteiger partial charge in [0.2, 0.25) is 0 Å². The van der Waals surface area contributed by atoms with Gasteiger partial charge in [0.05, 0.1) is 14.2 Å². The van der Waals surface area contributed by atoms with Crippen LogP contribution in [0.1, 0.15) is 43.2 Å². The molecule has 0 aliphatic heterocycles. The zero-order valence-electron chi connectivity index (χ0n) is 16.4. The molecule has 2 fully saturated rings. The number of allylic oxidation sites excluding steroid dienone is 1. The summed E-state index contributed by atoms with van der Waals surface area (Å²) >= 11 is 0. The third kappa shape index (κ3) is 2.41. The highest BCUT2D eigenvalue weighted by molar-refractivity contribution is 6.04. The Morgan fingerprint density at radius 2 is 2.04 bits per heavy atom. The SMILES string of the molecule is C=C[C@H]1CC[C@@H]2[C@H]3CCc4cc(OC)ccc4[C@@H]3[C@H](C(=O)OC)C(=O)[C@@]21C. The quantitative estimate of drug-likeness (QED) is 0.461. The second-order valence-corrected chi connectivity index (χ2v) is 8.47. The highest BCUT2D eigenvalue weighted by Crippen LogP contribution is 2.63. The Hall–Kier alpha value is -2.10. The number of hydrogen-bond donors (Lipinski definition) is 0. The number of Topliss-reactive ketones (excluding diaryl/α,β-unsaturated/α-hetero) is 1. The van der Waals surface area contributed by atoms with E-state index in [0.29, 0.717) is 11.8 Å². The molecule has 3 aliphatic rings. The Morgan fingerprint density at radius 1 is 1.26 bits per heavy atom. The zero-order valence-corrected chi connectivity index (χ0v) is 16.4. The lowest BCUT2D eigenvalue weighted by Gasteiger charge is -2.52. The van der Waals surface area contributed by atoms with Crippen molar-refractivity contribution >= 4 is 11.8 Å². The minimum atomic E-state index is -0.728. The minimum absolute atomic E-state index is 0.0478. The molecule has 4 rings (SSSR count). The molecule has 0 radical (unpaired) electrons. The molecule has 2 saturated carbocycles. The topological polar surface area (TPSA) is 52.6 Å². The molecule has 0 heterocycles. The molecule has 0 aromatic heterocycles. The summed E-state index contributed by atoms with van der Waals surface area (Å²) in [6.07, 6.45) is 5.88. The number of benzene rings is 1. The summed E-state index contributed by atoms with van der Waals surface area (Å²) in [4.78, 5) is 26.5. The third-order valence-corrected chi connectivity index (χ3v) is 7.68. The molecule has 0 saturated heterocycles. The maximum atomic E-state index is 13.7. The third-order valence-electron chi connectivity index (χ3n) is 7.68. The van der Waals surface area contributed by atoms with Crippen molar-refractivity contribution in [2.45, 2.75) is 38.5 Å². The van der Waals surface area contributed by atoms with Crippen LogP contribution >= 0.6 is 0 Å². The maximum Gasteiger partial charge on any atom is 0.316 e. The monoisotopic (exact) mass is 368 g/mol. The van der Waals surface area contributed by atoms with Crippen LogP contribution in [0, 0.1) is 29.1 Å². The molecule has 144 valence electrons. The predicted octanol–water partition coefficient (Wildman–Crippen LogP) is 3.93. The van der Waals surface area contributed by atoms with Gasteiger partial charge in [-0.1, -0.05) is 19.1 Å². The lowest BCUT2D eigenvalue weighted by Crippen LogP contribution is -2.55. The second-order valence-electron chi connectivity index (χ2n) is 8.47. The summed E-state index contributed by atoms with van der Waals surface area (Å²) < 4.78 is 10.5. The van der Waals surface area contributed by atoms with Gasteiger partial charge in [-0.25, -0.2) is 0 Å². The van der Waals surface area contributed by atoms with E-state index in [1.54, 1.807) is 7.11 Å². The van der Waals surface area contributed by atoms with Crippen molar-refractivity contribution in [2.75, 3.05) is 14.2 Å². The van der Waals surface area contributed by atoms with Gasteiger partial charge in [0.1, 0.15) is 11.7 Å². The van der Waals surface area contributed by atoms with Gasteiger partial charge in [0.15, 0.2) is 5.78 Å². The highest BCUT2D eigenvalue weighted by Gasteiger charge is 2.63. The normalized spacial score (nSPS) is 37.0. The van der Waals surface area contributed by atoms with Crippen LogP contribution in [0.2, 0.25) is 0 Å². The highest BCUT2D eigenvalue weighted by atomic mass is 16.5. The van der Waals surface area contributed by atoms with Crippen LogP contribution in [0.4, 0.5) is 0 Å². The van der Waals surface area contributed by atoms with Crippen LogP contribution in [0.3, 0.4) is 0 Å². The smallest absolute Gasteiger partial charge is 0.316 e. The number of rotatable bonds is 3. The van der Waals surface area contributed by atoms with Crippen LogP contribution in [0.15, 0.2) is 30.9 Å².